The molecule has 1 N–H and O–H groups in total. The number of thiazole rings is 1. The third-order valence-electron chi connectivity index (χ3n) is 4.63. The third-order valence-corrected chi connectivity index (χ3v) is 6.79. The molecule has 2 heterocycles. The highest BCUT2D eigenvalue weighted by Gasteiger charge is 2.31. The molecule has 4 rings (SSSR count). The van der Waals surface area contributed by atoms with Gasteiger partial charge in [-0.25, -0.2) is 13.4 Å². The number of rotatable bonds is 7. The van der Waals surface area contributed by atoms with Gasteiger partial charge in [-0.05, 0) is 54.4 Å². The van der Waals surface area contributed by atoms with Crippen molar-refractivity contribution >= 4 is 38.1 Å². The summed E-state index contributed by atoms with van der Waals surface area (Å²) in [5, 5.41) is 1.90. The number of alkyl halides is 3. The highest BCUT2D eigenvalue weighted by molar-refractivity contribution is 7.93. The Labute approximate surface area is 190 Å². The molecule has 0 saturated heterocycles. The predicted molar refractivity (Wildman–Crippen MR) is 114 cm³/mol. The zero-order chi connectivity index (χ0) is 23.6. The number of nitrogens with one attached hydrogen (secondary N) is 1. The Bertz CT molecular complexity index is 1250. The van der Waals surface area contributed by atoms with Gasteiger partial charge in [0.25, 0.3) is 15.9 Å². The number of hydrogen-bond acceptors (Lipinski definition) is 7. The standard InChI is InChI=1S/C20H16F3N3O5S2/c21-20(22,23)31-15-3-1-14(2-4-15)30-12-18(27)26-9-7-13-11-16(5-6-17(13)26)33(28,29)25-19-24-8-10-32-19/h1-6,8,10-11H,7,9,12H2,(H,24,25). The van der Waals surface area contributed by atoms with Gasteiger partial charge in [-0.3, -0.25) is 9.52 Å². The minimum atomic E-state index is -4.79. The van der Waals surface area contributed by atoms with Gasteiger partial charge >= 0.3 is 6.36 Å². The van der Waals surface area contributed by atoms with E-state index >= 15 is 0 Å². The van der Waals surface area contributed by atoms with Crippen molar-refractivity contribution in [1.29, 1.82) is 0 Å². The maximum Gasteiger partial charge on any atom is 0.573 e. The van der Waals surface area contributed by atoms with E-state index in [-0.39, 0.29) is 28.3 Å². The monoisotopic (exact) mass is 499 g/mol. The van der Waals surface area contributed by atoms with Crippen molar-refractivity contribution in [2.24, 2.45) is 0 Å². The van der Waals surface area contributed by atoms with Crippen molar-refractivity contribution in [2.75, 3.05) is 22.8 Å². The average molecular weight is 499 g/mol. The Balaban J connectivity index is 1.39. The van der Waals surface area contributed by atoms with E-state index < -0.39 is 22.1 Å². The molecule has 8 nitrogen and oxygen atoms in total. The van der Waals surface area contributed by atoms with Crippen LogP contribution in [0, 0.1) is 0 Å². The minimum Gasteiger partial charge on any atom is -0.484 e. The summed E-state index contributed by atoms with van der Waals surface area (Å²) >= 11 is 1.16. The molecule has 0 bridgehead atoms. The van der Waals surface area contributed by atoms with E-state index in [0.29, 0.717) is 24.2 Å². The van der Waals surface area contributed by atoms with Gasteiger partial charge in [-0.1, -0.05) is 0 Å². The lowest BCUT2D eigenvalue weighted by atomic mass is 10.2. The summed E-state index contributed by atoms with van der Waals surface area (Å²) < 4.78 is 73.3. The zero-order valence-corrected chi connectivity index (χ0v) is 18.3. The average Bonchev–Trinajstić information content (AvgIpc) is 3.40. The van der Waals surface area contributed by atoms with Crippen molar-refractivity contribution in [1.82, 2.24) is 4.98 Å². The van der Waals surface area contributed by atoms with Gasteiger partial charge in [-0.2, -0.15) is 0 Å². The normalized spacial score (nSPS) is 13.5. The molecule has 13 heteroatoms. The van der Waals surface area contributed by atoms with Gasteiger partial charge in [0, 0.05) is 23.8 Å². The molecule has 0 aliphatic carbocycles. The second-order valence-corrected chi connectivity index (χ2v) is 9.41. The SMILES string of the molecule is O=C(COc1ccc(OC(F)(F)F)cc1)N1CCc2cc(S(=O)(=O)Nc3nccs3)ccc21. The molecule has 0 spiro atoms. The number of carbonyl (C=O) groups is 1. The molecule has 1 aliphatic rings. The molecular formula is C20H16F3N3O5S2. The summed E-state index contributed by atoms with van der Waals surface area (Å²) in [5.41, 5.74) is 1.27. The second kappa shape index (κ2) is 8.90. The lowest BCUT2D eigenvalue weighted by Crippen LogP contribution is -2.33. The van der Waals surface area contributed by atoms with Crippen molar-refractivity contribution in [3.63, 3.8) is 0 Å². The molecule has 2 aromatic carbocycles. The molecule has 0 unspecified atom stereocenters. The molecular weight excluding hydrogens is 483 g/mol. The smallest absolute Gasteiger partial charge is 0.484 e. The van der Waals surface area contributed by atoms with Crippen LogP contribution in [-0.4, -0.2) is 38.8 Å². The fraction of sp³-hybridized carbons (Fsp3) is 0.200. The van der Waals surface area contributed by atoms with E-state index in [4.69, 9.17) is 4.74 Å². The van der Waals surface area contributed by atoms with Crippen LogP contribution in [0.25, 0.3) is 0 Å². The van der Waals surface area contributed by atoms with Gasteiger partial charge < -0.3 is 14.4 Å². The van der Waals surface area contributed by atoms with E-state index in [1.54, 1.807) is 11.4 Å². The summed E-state index contributed by atoms with van der Waals surface area (Å²) in [6.45, 7) is 0.00383. The van der Waals surface area contributed by atoms with Crippen LogP contribution in [-0.2, 0) is 21.2 Å². The summed E-state index contributed by atoms with van der Waals surface area (Å²) in [6.07, 6.45) is -2.84. The second-order valence-electron chi connectivity index (χ2n) is 6.84. The first-order chi connectivity index (χ1) is 15.6. The molecule has 1 aliphatic heterocycles. The quantitative estimate of drug-likeness (QED) is 0.531. The number of amides is 1. The number of sulfonamides is 1. The van der Waals surface area contributed by atoms with E-state index in [1.165, 1.54) is 35.4 Å². The maximum absolute atomic E-state index is 12.6. The maximum atomic E-state index is 12.6. The molecule has 0 atom stereocenters. The van der Waals surface area contributed by atoms with Gasteiger partial charge in [0.1, 0.15) is 11.5 Å². The highest BCUT2D eigenvalue weighted by Crippen LogP contribution is 2.31. The number of halogens is 3. The van der Waals surface area contributed by atoms with Gasteiger partial charge in [0.2, 0.25) is 0 Å². The number of fused-ring (bicyclic) bond motifs is 1. The third kappa shape index (κ3) is 5.54. The van der Waals surface area contributed by atoms with Crippen molar-refractivity contribution < 1.29 is 35.9 Å². The number of benzene rings is 2. The van der Waals surface area contributed by atoms with Gasteiger partial charge in [0.05, 0.1) is 4.90 Å². The summed E-state index contributed by atoms with van der Waals surface area (Å²) in [6, 6.07) is 9.16. The Hall–Kier alpha value is -3.32. The highest BCUT2D eigenvalue weighted by atomic mass is 32.2. The van der Waals surface area contributed by atoms with Crippen molar-refractivity contribution in [3.8, 4) is 11.5 Å². The number of hydrogen-bond donors (Lipinski definition) is 1. The number of nitrogens with zero attached hydrogens (tertiary/aromatic N) is 2. The molecule has 0 saturated carbocycles. The topological polar surface area (TPSA) is 97.8 Å². The lowest BCUT2D eigenvalue weighted by Gasteiger charge is -2.18. The van der Waals surface area contributed by atoms with Gasteiger partial charge in [-0.15, -0.1) is 24.5 Å². The summed E-state index contributed by atoms with van der Waals surface area (Å²) in [4.78, 5) is 18.1. The Morgan fingerprint density at radius 3 is 2.55 bits per heavy atom. The van der Waals surface area contributed by atoms with E-state index in [1.807, 2.05) is 0 Å². The number of aromatic nitrogens is 1. The molecule has 3 aromatic rings. The Kier molecular flexibility index (Phi) is 6.17. The lowest BCUT2D eigenvalue weighted by molar-refractivity contribution is -0.274. The number of anilines is 2. The van der Waals surface area contributed by atoms with Crippen LogP contribution < -0.4 is 19.1 Å². The van der Waals surface area contributed by atoms with Crippen molar-refractivity contribution in [3.05, 3.63) is 59.6 Å². The number of carbonyl (C=O) groups excluding carboxylic acids is 1. The van der Waals surface area contributed by atoms with Gasteiger partial charge in [0.15, 0.2) is 11.7 Å². The predicted octanol–water partition coefficient (Wildman–Crippen LogP) is 3.81. The zero-order valence-electron chi connectivity index (χ0n) is 16.7. The van der Waals surface area contributed by atoms with E-state index in [0.717, 1.165) is 23.5 Å². The molecule has 0 fully saturated rings. The first-order valence-electron chi connectivity index (χ1n) is 9.45. The Morgan fingerprint density at radius 2 is 1.88 bits per heavy atom. The van der Waals surface area contributed by atoms with Crippen LogP contribution in [0.4, 0.5) is 24.0 Å². The van der Waals surface area contributed by atoms with Crippen molar-refractivity contribution in [2.45, 2.75) is 17.7 Å². The Morgan fingerprint density at radius 1 is 1.15 bits per heavy atom. The van der Waals surface area contributed by atoms with E-state index in [2.05, 4.69) is 14.4 Å². The van der Waals surface area contributed by atoms with E-state index in [9.17, 15) is 26.4 Å². The molecule has 33 heavy (non-hydrogen) atoms. The van der Waals surface area contributed by atoms with Crippen LogP contribution >= 0.6 is 11.3 Å². The fourth-order valence-electron chi connectivity index (χ4n) is 3.21. The minimum absolute atomic E-state index is 0.0585. The first-order valence-corrected chi connectivity index (χ1v) is 11.8. The van der Waals surface area contributed by atoms with Crippen LogP contribution in [0.15, 0.2) is 58.9 Å². The fourth-order valence-corrected chi connectivity index (χ4v) is 5.05. The largest absolute Gasteiger partial charge is 0.573 e. The van der Waals surface area contributed by atoms with Crippen LogP contribution in [0.3, 0.4) is 0 Å². The molecule has 1 amide bonds. The molecule has 1 aromatic heterocycles. The van der Waals surface area contributed by atoms with Crippen LogP contribution in [0.5, 0.6) is 11.5 Å². The molecule has 174 valence electrons. The number of ether oxygens (including phenoxy) is 2. The molecule has 0 radical (unpaired) electrons. The summed E-state index contributed by atoms with van der Waals surface area (Å²) in [5.74, 6) is -0.572. The van der Waals surface area contributed by atoms with Crippen LogP contribution in [0.1, 0.15) is 5.56 Å². The summed E-state index contributed by atoms with van der Waals surface area (Å²) in [7, 11) is -3.81. The first kappa shape index (κ1) is 22.9. The van der Waals surface area contributed by atoms with Crippen LogP contribution in [0.2, 0.25) is 0 Å².